The zero-order valence-corrected chi connectivity index (χ0v) is 11.8. The standard InChI is InChI=1S/C12H7ClF2N2O3S/c13-7-3-9(15)8(14)2-6(7)11(20)17-12-16-5(4-21-12)1-10(18)19/h2-4H,1H2,(H,18,19)(H,16,17,20). The summed E-state index contributed by atoms with van der Waals surface area (Å²) in [6.45, 7) is 0. The summed E-state index contributed by atoms with van der Waals surface area (Å²) in [5, 5.41) is 12.3. The lowest BCUT2D eigenvalue weighted by Crippen LogP contribution is -2.13. The fourth-order valence-electron chi connectivity index (χ4n) is 1.46. The van der Waals surface area contributed by atoms with E-state index in [1.807, 2.05) is 0 Å². The normalized spacial score (nSPS) is 10.4. The lowest BCUT2D eigenvalue weighted by molar-refractivity contribution is -0.136. The summed E-state index contributed by atoms with van der Waals surface area (Å²) in [4.78, 5) is 26.3. The summed E-state index contributed by atoms with van der Waals surface area (Å²) in [6, 6.07) is 1.38. The fraction of sp³-hybridized carbons (Fsp3) is 0.0833. The zero-order valence-electron chi connectivity index (χ0n) is 10.2. The first-order chi connectivity index (χ1) is 9.86. The van der Waals surface area contributed by atoms with Crippen LogP contribution in [-0.4, -0.2) is 22.0 Å². The number of halogens is 3. The molecule has 0 spiro atoms. The number of aliphatic carboxylic acids is 1. The topological polar surface area (TPSA) is 79.3 Å². The minimum absolute atomic E-state index is 0.136. The van der Waals surface area contributed by atoms with Crippen LogP contribution in [0.1, 0.15) is 16.1 Å². The van der Waals surface area contributed by atoms with Crippen LogP contribution in [0.5, 0.6) is 0 Å². The van der Waals surface area contributed by atoms with Gasteiger partial charge in [0.25, 0.3) is 5.91 Å². The molecule has 2 aromatic rings. The predicted molar refractivity (Wildman–Crippen MR) is 72.8 cm³/mol. The summed E-state index contributed by atoms with van der Waals surface area (Å²) >= 11 is 6.68. The molecule has 2 N–H and O–H groups in total. The average molecular weight is 333 g/mol. The van der Waals surface area contributed by atoms with Crippen molar-refractivity contribution in [3.63, 3.8) is 0 Å². The van der Waals surface area contributed by atoms with E-state index in [4.69, 9.17) is 16.7 Å². The number of carbonyl (C=O) groups excluding carboxylic acids is 1. The smallest absolute Gasteiger partial charge is 0.309 e. The fourth-order valence-corrected chi connectivity index (χ4v) is 2.40. The summed E-state index contributed by atoms with van der Waals surface area (Å²) < 4.78 is 26.0. The van der Waals surface area contributed by atoms with Gasteiger partial charge in [0.05, 0.1) is 22.7 Å². The van der Waals surface area contributed by atoms with Crippen LogP contribution in [-0.2, 0) is 11.2 Å². The molecule has 1 amide bonds. The Morgan fingerprint density at radius 2 is 2.00 bits per heavy atom. The van der Waals surface area contributed by atoms with E-state index < -0.39 is 23.5 Å². The molecule has 0 saturated carbocycles. The van der Waals surface area contributed by atoms with Crippen LogP contribution in [0.2, 0.25) is 5.02 Å². The maximum Gasteiger partial charge on any atom is 0.309 e. The Morgan fingerprint density at radius 3 is 2.67 bits per heavy atom. The number of carboxylic acid groups (broad SMARTS) is 1. The number of hydrogen-bond acceptors (Lipinski definition) is 4. The number of rotatable bonds is 4. The Morgan fingerprint density at radius 1 is 1.33 bits per heavy atom. The zero-order chi connectivity index (χ0) is 15.6. The molecule has 0 aliphatic heterocycles. The van der Waals surface area contributed by atoms with Crippen molar-refractivity contribution in [2.45, 2.75) is 6.42 Å². The largest absolute Gasteiger partial charge is 0.481 e. The number of carbonyl (C=O) groups is 2. The number of thiazole rings is 1. The van der Waals surface area contributed by atoms with Crippen LogP contribution in [0.4, 0.5) is 13.9 Å². The molecule has 1 heterocycles. The lowest BCUT2D eigenvalue weighted by atomic mass is 10.2. The molecule has 0 atom stereocenters. The molecular weight excluding hydrogens is 326 g/mol. The number of nitrogens with zero attached hydrogens (tertiary/aromatic N) is 1. The molecule has 0 fully saturated rings. The Labute approximate surface area is 126 Å². The number of aromatic nitrogens is 1. The van der Waals surface area contributed by atoms with Crippen molar-refractivity contribution < 1.29 is 23.5 Å². The van der Waals surface area contributed by atoms with Crippen molar-refractivity contribution in [3.8, 4) is 0 Å². The quantitative estimate of drug-likeness (QED) is 0.844. The second kappa shape index (κ2) is 6.15. The first-order valence-electron chi connectivity index (χ1n) is 5.49. The third-order valence-electron chi connectivity index (χ3n) is 2.36. The van der Waals surface area contributed by atoms with Gasteiger partial charge in [0.1, 0.15) is 0 Å². The third-order valence-corrected chi connectivity index (χ3v) is 3.48. The van der Waals surface area contributed by atoms with Gasteiger partial charge in [0.15, 0.2) is 16.8 Å². The van der Waals surface area contributed by atoms with E-state index in [9.17, 15) is 18.4 Å². The molecule has 0 radical (unpaired) electrons. The second-order valence-electron chi connectivity index (χ2n) is 3.91. The van der Waals surface area contributed by atoms with Crippen LogP contribution < -0.4 is 5.32 Å². The highest BCUT2D eigenvalue weighted by atomic mass is 35.5. The molecule has 0 aliphatic rings. The van der Waals surface area contributed by atoms with Crippen LogP contribution in [0, 0.1) is 11.6 Å². The molecule has 9 heteroatoms. The molecule has 0 aliphatic carbocycles. The highest BCUT2D eigenvalue weighted by molar-refractivity contribution is 7.14. The minimum Gasteiger partial charge on any atom is -0.481 e. The summed E-state index contributed by atoms with van der Waals surface area (Å²) in [5.74, 6) is -4.18. The maximum absolute atomic E-state index is 13.1. The molecule has 110 valence electrons. The van der Waals surface area contributed by atoms with Crippen molar-refractivity contribution in [3.05, 3.63) is 45.4 Å². The SMILES string of the molecule is O=C(O)Cc1csc(NC(=O)c2cc(F)c(F)cc2Cl)n1. The van der Waals surface area contributed by atoms with Gasteiger partial charge >= 0.3 is 5.97 Å². The van der Waals surface area contributed by atoms with Crippen molar-refractivity contribution in [1.82, 2.24) is 4.98 Å². The van der Waals surface area contributed by atoms with E-state index in [0.29, 0.717) is 12.1 Å². The predicted octanol–water partition coefficient (Wildman–Crippen LogP) is 2.95. The maximum atomic E-state index is 13.1. The first-order valence-corrected chi connectivity index (χ1v) is 6.74. The number of carboxylic acids is 1. The van der Waals surface area contributed by atoms with Gasteiger partial charge in [-0.1, -0.05) is 11.6 Å². The van der Waals surface area contributed by atoms with E-state index in [0.717, 1.165) is 11.3 Å². The average Bonchev–Trinajstić information content (AvgIpc) is 2.80. The molecule has 21 heavy (non-hydrogen) atoms. The Kier molecular flexibility index (Phi) is 4.49. The van der Waals surface area contributed by atoms with Crippen LogP contribution >= 0.6 is 22.9 Å². The lowest BCUT2D eigenvalue weighted by Gasteiger charge is -2.04. The van der Waals surface area contributed by atoms with Gasteiger partial charge in [0.2, 0.25) is 0 Å². The number of benzene rings is 1. The highest BCUT2D eigenvalue weighted by Crippen LogP contribution is 2.22. The van der Waals surface area contributed by atoms with Gasteiger partial charge in [-0.05, 0) is 12.1 Å². The van der Waals surface area contributed by atoms with E-state index >= 15 is 0 Å². The molecular formula is C12H7ClF2N2O3S. The number of amides is 1. The Balaban J connectivity index is 2.16. The molecule has 1 aromatic heterocycles. The van der Waals surface area contributed by atoms with Crippen LogP contribution in [0.3, 0.4) is 0 Å². The van der Waals surface area contributed by atoms with Crippen LogP contribution in [0.15, 0.2) is 17.5 Å². The Hall–Kier alpha value is -2.06. The van der Waals surface area contributed by atoms with Gasteiger partial charge in [-0.2, -0.15) is 0 Å². The van der Waals surface area contributed by atoms with E-state index in [1.54, 1.807) is 0 Å². The minimum atomic E-state index is -1.20. The van der Waals surface area contributed by atoms with Crippen molar-refractivity contribution in [1.29, 1.82) is 0 Å². The van der Waals surface area contributed by atoms with E-state index in [2.05, 4.69) is 10.3 Å². The van der Waals surface area contributed by atoms with Gasteiger partial charge < -0.3 is 5.11 Å². The molecule has 0 unspecified atom stereocenters. The summed E-state index contributed by atoms with van der Waals surface area (Å²) in [5.41, 5.74) is 0.0322. The van der Waals surface area contributed by atoms with Gasteiger partial charge in [-0.3, -0.25) is 14.9 Å². The first kappa shape index (κ1) is 15.3. The van der Waals surface area contributed by atoms with Crippen molar-refractivity contribution in [2.24, 2.45) is 0 Å². The number of nitrogens with one attached hydrogen (secondary N) is 1. The highest BCUT2D eigenvalue weighted by Gasteiger charge is 2.16. The number of anilines is 1. The molecule has 0 saturated heterocycles. The van der Waals surface area contributed by atoms with E-state index in [1.165, 1.54) is 5.38 Å². The van der Waals surface area contributed by atoms with E-state index in [-0.39, 0.29) is 27.8 Å². The Bertz CT molecular complexity index is 721. The summed E-state index contributed by atoms with van der Waals surface area (Å²) in [6.07, 6.45) is -0.279. The van der Waals surface area contributed by atoms with Gasteiger partial charge in [0, 0.05) is 5.38 Å². The number of hydrogen-bond donors (Lipinski definition) is 2. The van der Waals surface area contributed by atoms with Crippen molar-refractivity contribution in [2.75, 3.05) is 5.32 Å². The van der Waals surface area contributed by atoms with Gasteiger partial charge in [-0.25, -0.2) is 13.8 Å². The molecule has 2 rings (SSSR count). The molecule has 1 aromatic carbocycles. The molecule has 0 bridgehead atoms. The second-order valence-corrected chi connectivity index (χ2v) is 5.18. The monoisotopic (exact) mass is 332 g/mol. The van der Waals surface area contributed by atoms with Crippen molar-refractivity contribution >= 4 is 39.9 Å². The van der Waals surface area contributed by atoms with Gasteiger partial charge in [-0.15, -0.1) is 11.3 Å². The summed E-state index contributed by atoms with van der Waals surface area (Å²) in [7, 11) is 0. The van der Waals surface area contributed by atoms with Crippen LogP contribution in [0.25, 0.3) is 0 Å². The third kappa shape index (κ3) is 3.73. The molecule has 5 nitrogen and oxygen atoms in total.